The van der Waals surface area contributed by atoms with Crippen LogP contribution < -0.4 is 0 Å². The van der Waals surface area contributed by atoms with E-state index in [4.69, 9.17) is 4.74 Å². The van der Waals surface area contributed by atoms with Crippen LogP contribution in [0.3, 0.4) is 0 Å². The van der Waals surface area contributed by atoms with E-state index in [1.54, 1.807) is 6.07 Å². The van der Waals surface area contributed by atoms with E-state index in [1.807, 2.05) is 42.2 Å². The van der Waals surface area contributed by atoms with Crippen molar-refractivity contribution in [2.75, 3.05) is 59.0 Å². The van der Waals surface area contributed by atoms with Gasteiger partial charge < -0.3 is 19.6 Å². The average Bonchev–Trinajstić information content (AvgIpc) is 3.27. The third-order valence-electron chi connectivity index (χ3n) is 9.28. The first-order valence-electron chi connectivity index (χ1n) is 17.0. The number of carbonyl (C=O) groups is 2. The van der Waals surface area contributed by atoms with E-state index >= 15 is 0 Å². The van der Waals surface area contributed by atoms with Gasteiger partial charge in [-0.1, -0.05) is 43.2 Å². The molecule has 45 heavy (non-hydrogen) atoms. The Labute approximate surface area is 270 Å². The normalized spacial score (nSPS) is 20.8. The Morgan fingerprint density at radius 2 is 1.71 bits per heavy atom. The van der Waals surface area contributed by atoms with Crippen LogP contribution in [0.4, 0.5) is 0 Å². The van der Waals surface area contributed by atoms with Gasteiger partial charge in [-0.15, -0.1) is 6.58 Å². The average molecular weight is 619 g/mol. The highest BCUT2D eigenvalue weighted by molar-refractivity contribution is 5.94. The minimum absolute atomic E-state index is 0.0786. The topological polar surface area (TPSA) is 76.6 Å². The first-order valence-corrected chi connectivity index (χ1v) is 17.0. The lowest BCUT2D eigenvalue weighted by atomic mass is 9.92. The van der Waals surface area contributed by atoms with Crippen molar-refractivity contribution in [2.24, 2.45) is 0 Å². The number of esters is 1. The lowest BCUT2D eigenvalue weighted by molar-refractivity contribution is -0.143. The van der Waals surface area contributed by atoms with E-state index in [0.717, 1.165) is 101 Å². The molecule has 2 fully saturated rings. The molecular weight excluding hydrogens is 564 g/mol. The van der Waals surface area contributed by atoms with Crippen LogP contribution in [0, 0.1) is 0 Å². The van der Waals surface area contributed by atoms with Gasteiger partial charge in [0.05, 0.1) is 12.6 Å². The minimum atomic E-state index is -0.0959. The molecule has 8 nitrogen and oxygen atoms in total. The van der Waals surface area contributed by atoms with Crippen LogP contribution in [0.15, 0.2) is 61.2 Å². The third kappa shape index (κ3) is 9.89. The van der Waals surface area contributed by atoms with E-state index < -0.39 is 0 Å². The molecule has 2 aromatic carbocycles. The van der Waals surface area contributed by atoms with Gasteiger partial charge in [0.2, 0.25) is 0 Å². The van der Waals surface area contributed by atoms with Crippen molar-refractivity contribution < 1.29 is 19.4 Å². The van der Waals surface area contributed by atoms with Crippen LogP contribution in [0.5, 0.6) is 5.75 Å². The number of rotatable bonds is 14. The van der Waals surface area contributed by atoms with Crippen molar-refractivity contribution in [1.82, 2.24) is 19.6 Å². The van der Waals surface area contributed by atoms with E-state index in [2.05, 4.69) is 53.3 Å². The number of hydrogen-bond acceptors (Lipinski definition) is 7. The number of unbranched alkanes of at least 4 members (excludes halogenated alkanes) is 3. The van der Waals surface area contributed by atoms with Crippen molar-refractivity contribution in [3.63, 3.8) is 0 Å². The second-order valence-electron chi connectivity index (χ2n) is 12.7. The standard InChI is InChI=1S/C37H54N4O4/c1-5-19-40-27-30(4)41(28-29(40)3)36(32-15-12-17-34(42)26-32)31-14-11-16-33(25-31)37(44)39-22-13-21-38(23-24-39)20-10-8-7-9-18-35(43)45-6-2/h5,11-12,14-17,25-26,29-30,36,42H,1,6-10,13,18-24,27-28H2,2-4H3/t29-,30+,36?/m1/s1. The predicted octanol–water partition coefficient (Wildman–Crippen LogP) is 5.72. The van der Waals surface area contributed by atoms with Crippen LogP contribution in [0.1, 0.15) is 86.8 Å². The molecule has 0 saturated carbocycles. The number of phenols is 1. The molecule has 3 atom stereocenters. The molecule has 2 aliphatic heterocycles. The van der Waals surface area contributed by atoms with E-state index in [-0.39, 0.29) is 29.7 Å². The summed E-state index contributed by atoms with van der Waals surface area (Å²) in [6, 6.07) is 16.3. The summed E-state index contributed by atoms with van der Waals surface area (Å²) in [5, 5.41) is 10.4. The van der Waals surface area contributed by atoms with Crippen LogP contribution >= 0.6 is 0 Å². The Bertz CT molecular complexity index is 1250. The van der Waals surface area contributed by atoms with Crippen molar-refractivity contribution in [1.29, 1.82) is 0 Å². The molecular formula is C37H54N4O4. The van der Waals surface area contributed by atoms with E-state index in [0.29, 0.717) is 19.1 Å². The summed E-state index contributed by atoms with van der Waals surface area (Å²) in [6.45, 7) is 17.8. The number of hydrogen-bond donors (Lipinski definition) is 1. The SMILES string of the molecule is C=CCN1C[C@H](C)N(C(c2cccc(O)c2)c2cccc(C(=O)N3CCCN(CCCCCCC(=O)OCC)CC3)c2)C[C@H]1C. The summed E-state index contributed by atoms with van der Waals surface area (Å²) in [4.78, 5) is 34.9. The van der Waals surface area contributed by atoms with E-state index in [1.165, 1.54) is 0 Å². The highest BCUT2D eigenvalue weighted by atomic mass is 16.5. The van der Waals surface area contributed by atoms with Crippen molar-refractivity contribution in [2.45, 2.75) is 77.4 Å². The first-order chi connectivity index (χ1) is 21.8. The second kappa shape index (κ2) is 17.5. The van der Waals surface area contributed by atoms with E-state index in [9.17, 15) is 14.7 Å². The number of amides is 1. The van der Waals surface area contributed by atoms with Gasteiger partial charge >= 0.3 is 5.97 Å². The Hall–Kier alpha value is -3.20. The van der Waals surface area contributed by atoms with Gasteiger partial charge in [0, 0.05) is 63.3 Å². The van der Waals surface area contributed by atoms with Gasteiger partial charge in [-0.05, 0) is 88.5 Å². The number of ether oxygens (including phenoxy) is 1. The van der Waals surface area contributed by atoms with Crippen LogP contribution in [-0.2, 0) is 9.53 Å². The minimum Gasteiger partial charge on any atom is -0.508 e. The van der Waals surface area contributed by atoms with Gasteiger partial charge in [0.15, 0.2) is 0 Å². The number of carbonyl (C=O) groups excluding carboxylic acids is 2. The molecule has 4 rings (SSSR count). The van der Waals surface area contributed by atoms with Gasteiger partial charge in [0.25, 0.3) is 5.91 Å². The zero-order valence-electron chi connectivity index (χ0n) is 27.7. The molecule has 0 bridgehead atoms. The maximum absolute atomic E-state index is 13.9. The summed E-state index contributed by atoms with van der Waals surface area (Å²) in [5.74, 6) is 0.243. The molecule has 2 aliphatic rings. The van der Waals surface area contributed by atoms with Crippen LogP contribution in [0.2, 0.25) is 0 Å². The first kappa shape index (κ1) is 34.7. The fourth-order valence-corrected chi connectivity index (χ4v) is 6.89. The highest BCUT2D eigenvalue weighted by Gasteiger charge is 2.35. The molecule has 2 heterocycles. The number of nitrogens with zero attached hydrogens (tertiary/aromatic N) is 4. The van der Waals surface area contributed by atoms with Gasteiger partial charge in [-0.3, -0.25) is 19.4 Å². The van der Waals surface area contributed by atoms with Gasteiger partial charge in [-0.2, -0.15) is 0 Å². The molecule has 0 radical (unpaired) electrons. The lowest BCUT2D eigenvalue weighted by Crippen LogP contribution is -2.57. The summed E-state index contributed by atoms with van der Waals surface area (Å²) in [7, 11) is 0. The molecule has 2 saturated heterocycles. The maximum atomic E-state index is 13.9. The monoisotopic (exact) mass is 618 g/mol. The Morgan fingerprint density at radius 3 is 2.47 bits per heavy atom. The third-order valence-corrected chi connectivity index (χ3v) is 9.28. The fraction of sp³-hybridized carbons (Fsp3) is 0.568. The Kier molecular flexibility index (Phi) is 13.5. The molecule has 8 heteroatoms. The quantitative estimate of drug-likeness (QED) is 0.165. The molecule has 1 amide bonds. The van der Waals surface area contributed by atoms with Crippen molar-refractivity contribution >= 4 is 11.9 Å². The molecule has 246 valence electrons. The van der Waals surface area contributed by atoms with Crippen molar-refractivity contribution in [3.8, 4) is 5.75 Å². The lowest BCUT2D eigenvalue weighted by Gasteiger charge is -2.47. The fourth-order valence-electron chi connectivity index (χ4n) is 6.89. The molecule has 0 aromatic heterocycles. The van der Waals surface area contributed by atoms with Crippen molar-refractivity contribution in [3.05, 3.63) is 77.9 Å². The summed E-state index contributed by atoms with van der Waals surface area (Å²) in [6.07, 6.45) is 7.58. The zero-order valence-corrected chi connectivity index (χ0v) is 27.7. The molecule has 1 N–H and O–H groups in total. The molecule has 2 aromatic rings. The Balaban J connectivity index is 1.40. The van der Waals surface area contributed by atoms with Gasteiger partial charge in [-0.25, -0.2) is 0 Å². The summed E-state index contributed by atoms with van der Waals surface area (Å²) < 4.78 is 5.01. The largest absolute Gasteiger partial charge is 0.508 e. The van der Waals surface area contributed by atoms with Crippen LogP contribution in [-0.4, -0.2) is 108 Å². The number of benzene rings is 2. The predicted molar refractivity (Wildman–Crippen MR) is 180 cm³/mol. The smallest absolute Gasteiger partial charge is 0.305 e. The summed E-state index contributed by atoms with van der Waals surface area (Å²) >= 11 is 0. The zero-order chi connectivity index (χ0) is 32.2. The van der Waals surface area contributed by atoms with Gasteiger partial charge in [0.1, 0.15) is 5.75 Å². The molecule has 0 aliphatic carbocycles. The maximum Gasteiger partial charge on any atom is 0.305 e. The number of piperazine rings is 1. The second-order valence-corrected chi connectivity index (χ2v) is 12.7. The molecule has 1 unspecified atom stereocenters. The van der Waals surface area contributed by atoms with Crippen LogP contribution in [0.25, 0.3) is 0 Å². The molecule has 0 spiro atoms. The highest BCUT2D eigenvalue weighted by Crippen LogP contribution is 2.35. The Morgan fingerprint density at radius 1 is 0.956 bits per heavy atom. The number of aromatic hydroxyl groups is 1. The number of phenolic OH excluding ortho intramolecular Hbond substituents is 1. The summed E-state index contributed by atoms with van der Waals surface area (Å²) in [5.41, 5.74) is 2.82.